The molecule has 0 saturated heterocycles. The van der Waals surface area contributed by atoms with E-state index in [0.29, 0.717) is 18.7 Å². The number of amides is 1. The first kappa shape index (κ1) is 13.1. The third-order valence-corrected chi connectivity index (χ3v) is 2.31. The van der Waals surface area contributed by atoms with Gasteiger partial charge in [-0.2, -0.15) is 5.10 Å². The van der Waals surface area contributed by atoms with Crippen molar-refractivity contribution >= 4 is 5.91 Å². The molecule has 0 aliphatic carbocycles. The van der Waals surface area contributed by atoms with Crippen molar-refractivity contribution in [1.82, 2.24) is 25.7 Å². The molecule has 0 radical (unpaired) electrons. The predicted octanol–water partition coefficient (Wildman–Crippen LogP) is -0.261. The maximum absolute atomic E-state index is 11.8. The van der Waals surface area contributed by atoms with Crippen molar-refractivity contribution in [2.24, 2.45) is 7.05 Å². The zero-order chi connectivity index (χ0) is 12.8. The Kier molecular flexibility index (Phi) is 4.56. The van der Waals surface area contributed by atoms with E-state index in [9.17, 15) is 4.79 Å². The number of carbonyl (C=O) groups is 1. The normalized spacial score (nSPS) is 9.82. The molecule has 1 heterocycles. The Bertz CT molecular complexity index is 410. The Balaban J connectivity index is 2.35. The first-order valence-electron chi connectivity index (χ1n) is 5.43. The van der Waals surface area contributed by atoms with Crippen LogP contribution in [0.4, 0.5) is 0 Å². The molecule has 1 rings (SSSR count). The number of nitrogens with one attached hydrogen (secondary N) is 3. The molecule has 94 valence electrons. The Morgan fingerprint density at radius 1 is 1.47 bits per heavy atom. The molecule has 0 unspecified atom stereocenters. The van der Waals surface area contributed by atoms with E-state index in [1.54, 1.807) is 25.0 Å². The SMILES string of the molecule is C=C(NC)NCCNC(=O)c1cn(C)nc1C. The van der Waals surface area contributed by atoms with Crippen LogP contribution in [0, 0.1) is 6.92 Å². The van der Waals surface area contributed by atoms with Gasteiger partial charge in [0, 0.05) is 33.4 Å². The first-order valence-corrected chi connectivity index (χ1v) is 5.43. The molecule has 6 heteroatoms. The standard InChI is InChI=1S/C11H19N5O/c1-8-10(7-16(4)15-8)11(17)14-6-5-13-9(2)12-3/h7,12-13H,2,5-6H2,1,3-4H3,(H,14,17). The Hall–Kier alpha value is -1.98. The highest BCUT2D eigenvalue weighted by Crippen LogP contribution is 2.03. The van der Waals surface area contributed by atoms with Crippen LogP contribution in [0.2, 0.25) is 0 Å². The summed E-state index contributed by atoms with van der Waals surface area (Å²) in [4.78, 5) is 11.8. The van der Waals surface area contributed by atoms with Gasteiger partial charge in [-0.25, -0.2) is 0 Å². The van der Waals surface area contributed by atoms with Crippen LogP contribution in [-0.4, -0.2) is 35.8 Å². The quantitative estimate of drug-likeness (QED) is 0.596. The summed E-state index contributed by atoms with van der Waals surface area (Å²) in [5.41, 5.74) is 1.34. The van der Waals surface area contributed by atoms with E-state index in [1.807, 2.05) is 6.92 Å². The van der Waals surface area contributed by atoms with E-state index in [1.165, 1.54) is 0 Å². The Labute approximate surface area is 101 Å². The molecule has 0 saturated carbocycles. The van der Waals surface area contributed by atoms with E-state index in [-0.39, 0.29) is 5.91 Å². The molecule has 0 bridgehead atoms. The zero-order valence-corrected chi connectivity index (χ0v) is 10.5. The number of aromatic nitrogens is 2. The molecule has 1 amide bonds. The first-order chi connectivity index (χ1) is 8.04. The van der Waals surface area contributed by atoms with E-state index in [2.05, 4.69) is 27.6 Å². The minimum absolute atomic E-state index is 0.104. The van der Waals surface area contributed by atoms with Crippen molar-refractivity contribution in [3.05, 3.63) is 29.9 Å². The fourth-order valence-electron chi connectivity index (χ4n) is 1.40. The molecule has 0 atom stereocenters. The molecule has 1 aromatic heterocycles. The van der Waals surface area contributed by atoms with Crippen LogP contribution < -0.4 is 16.0 Å². The van der Waals surface area contributed by atoms with Gasteiger partial charge in [0.15, 0.2) is 0 Å². The molecule has 0 spiro atoms. The third kappa shape index (κ3) is 3.82. The number of nitrogens with zero attached hydrogens (tertiary/aromatic N) is 2. The summed E-state index contributed by atoms with van der Waals surface area (Å²) < 4.78 is 1.63. The molecule has 6 nitrogen and oxygen atoms in total. The monoisotopic (exact) mass is 237 g/mol. The van der Waals surface area contributed by atoms with Crippen LogP contribution in [-0.2, 0) is 7.05 Å². The molecule has 1 aromatic rings. The van der Waals surface area contributed by atoms with Gasteiger partial charge < -0.3 is 16.0 Å². The average molecular weight is 237 g/mol. The summed E-state index contributed by atoms with van der Waals surface area (Å²) in [6.45, 7) is 6.70. The van der Waals surface area contributed by atoms with Crippen LogP contribution in [0.5, 0.6) is 0 Å². The lowest BCUT2D eigenvalue weighted by molar-refractivity contribution is 0.0953. The predicted molar refractivity (Wildman–Crippen MR) is 66.5 cm³/mol. The van der Waals surface area contributed by atoms with Gasteiger partial charge in [0.25, 0.3) is 5.91 Å². The van der Waals surface area contributed by atoms with Crippen LogP contribution >= 0.6 is 0 Å². The Morgan fingerprint density at radius 3 is 2.65 bits per heavy atom. The highest BCUT2D eigenvalue weighted by Gasteiger charge is 2.11. The highest BCUT2D eigenvalue weighted by molar-refractivity contribution is 5.94. The number of carbonyl (C=O) groups excluding carboxylic acids is 1. The minimum Gasteiger partial charge on any atom is -0.375 e. The van der Waals surface area contributed by atoms with Gasteiger partial charge >= 0.3 is 0 Å². The van der Waals surface area contributed by atoms with Crippen LogP contribution in [0.25, 0.3) is 0 Å². The smallest absolute Gasteiger partial charge is 0.254 e. The lowest BCUT2D eigenvalue weighted by Crippen LogP contribution is -2.33. The van der Waals surface area contributed by atoms with Gasteiger partial charge in [-0.15, -0.1) is 0 Å². The van der Waals surface area contributed by atoms with Gasteiger partial charge in [-0.1, -0.05) is 6.58 Å². The lowest BCUT2D eigenvalue weighted by atomic mass is 10.2. The number of aryl methyl sites for hydroxylation is 2. The molecule has 17 heavy (non-hydrogen) atoms. The zero-order valence-electron chi connectivity index (χ0n) is 10.5. The van der Waals surface area contributed by atoms with Gasteiger partial charge in [-0.05, 0) is 6.92 Å². The fourth-order valence-corrected chi connectivity index (χ4v) is 1.40. The van der Waals surface area contributed by atoms with Crippen molar-refractivity contribution < 1.29 is 4.79 Å². The Morgan fingerprint density at radius 2 is 2.12 bits per heavy atom. The molecule has 0 aromatic carbocycles. The average Bonchev–Trinajstić information content (AvgIpc) is 2.63. The summed E-state index contributed by atoms with van der Waals surface area (Å²) in [6, 6.07) is 0. The number of hydrogen-bond acceptors (Lipinski definition) is 4. The van der Waals surface area contributed by atoms with Crippen LogP contribution in [0.3, 0.4) is 0 Å². The van der Waals surface area contributed by atoms with E-state index >= 15 is 0 Å². The summed E-state index contributed by atoms with van der Waals surface area (Å²) in [5, 5.41) is 12.8. The highest BCUT2D eigenvalue weighted by atomic mass is 16.1. The molecular weight excluding hydrogens is 218 g/mol. The second-order valence-electron chi connectivity index (χ2n) is 3.71. The van der Waals surface area contributed by atoms with E-state index < -0.39 is 0 Å². The van der Waals surface area contributed by atoms with E-state index in [0.717, 1.165) is 11.5 Å². The lowest BCUT2D eigenvalue weighted by Gasteiger charge is -2.09. The third-order valence-electron chi connectivity index (χ3n) is 2.31. The topological polar surface area (TPSA) is 71.0 Å². The van der Waals surface area contributed by atoms with Crippen LogP contribution in [0.15, 0.2) is 18.6 Å². The maximum atomic E-state index is 11.8. The maximum Gasteiger partial charge on any atom is 0.254 e. The summed E-state index contributed by atoms with van der Waals surface area (Å²) in [5.74, 6) is 0.629. The minimum atomic E-state index is -0.104. The summed E-state index contributed by atoms with van der Waals surface area (Å²) in [7, 11) is 3.58. The van der Waals surface area contributed by atoms with Gasteiger partial charge in [0.2, 0.25) is 0 Å². The van der Waals surface area contributed by atoms with Gasteiger partial charge in [-0.3, -0.25) is 9.48 Å². The second kappa shape index (κ2) is 5.93. The van der Waals surface area contributed by atoms with Crippen molar-refractivity contribution in [3.63, 3.8) is 0 Å². The molecule has 0 aliphatic rings. The summed E-state index contributed by atoms with van der Waals surface area (Å²) >= 11 is 0. The molecule has 3 N–H and O–H groups in total. The van der Waals surface area contributed by atoms with Crippen molar-refractivity contribution in [2.75, 3.05) is 20.1 Å². The van der Waals surface area contributed by atoms with Gasteiger partial charge in [0.1, 0.15) is 0 Å². The summed E-state index contributed by atoms with van der Waals surface area (Å²) in [6.07, 6.45) is 1.71. The van der Waals surface area contributed by atoms with Crippen molar-refractivity contribution in [1.29, 1.82) is 0 Å². The largest absolute Gasteiger partial charge is 0.375 e. The molecular formula is C11H19N5O. The molecule has 0 fully saturated rings. The van der Waals surface area contributed by atoms with Crippen molar-refractivity contribution in [3.8, 4) is 0 Å². The number of hydrogen-bond donors (Lipinski definition) is 3. The fraction of sp³-hybridized carbons (Fsp3) is 0.455. The second-order valence-corrected chi connectivity index (χ2v) is 3.71. The van der Waals surface area contributed by atoms with Gasteiger partial charge in [0.05, 0.1) is 17.1 Å². The molecule has 0 aliphatic heterocycles. The van der Waals surface area contributed by atoms with E-state index in [4.69, 9.17) is 0 Å². The number of rotatable bonds is 6. The van der Waals surface area contributed by atoms with Crippen molar-refractivity contribution in [2.45, 2.75) is 6.92 Å². The van der Waals surface area contributed by atoms with Crippen LogP contribution in [0.1, 0.15) is 16.1 Å².